The Morgan fingerprint density at radius 2 is 2.03 bits per heavy atom. The van der Waals surface area contributed by atoms with Crippen LogP contribution in [0.15, 0.2) is 64.2 Å². The van der Waals surface area contributed by atoms with Crippen LogP contribution in [0.1, 0.15) is 0 Å². The molecule has 0 N–H and O–H groups in total. The summed E-state index contributed by atoms with van der Waals surface area (Å²) in [5, 5.41) is 0.500. The highest BCUT2D eigenvalue weighted by atomic mass is 16.5. The Bertz CT molecular complexity index is 1210. The molecule has 148 valence electrons. The molecule has 29 heavy (non-hydrogen) atoms. The van der Waals surface area contributed by atoms with Crippen molar-refractivity contribution in [3.63, 3.8) is 0 Å². The minimum absolute atomic E-state index is 0.116. The summed E-state index contributed by atoms with van der Waals surface area (Å²) >= 11 is 0. The lowest BCUT2D eigenvalue weighted by Crippen LogP contribution is -2.38. The van der Waals surface area contributed by atoms with Crippen molar-refractivity contribution in [1.82, 2.24) is 14.3 Å². The van der Waals surface area contributed by atoms with Crippen molar-refractivity contribution in [1.29, 1.82) is 0 Å². The summed E-state index contributed by atoms with van der Waals surface area (Å²) in [6.45, 7) is 4.79. The quantitative estimate of drug-likeness (QED) is 0.521. The number of aromatic nitrogens is 2. The standard InChI is InChI=1S/C22H21N3O4/c26-20-13-22(19-15-25-5-1-2-16(25)14-23-19)29-21-4-3-17(12-18(20)21)28-11-8-24-6-9-27-10-7-24/h1-5,12-15H,6-11H2. The molecule has 0 unspecified atom stereocenters. The summed E-state index contributed by atoms with van der Waals surface area (Å²) in [6, 6.07) is 10.7. The molecule has 0 spiro atoms. The Balaban J connectivity index is 1.36. The van der Waals surface area contributed by atoms with Gasteiger partial charge in [0.15, 0.2) is 11.2 Å². The SMILES string of the molecule is O=c1cc(-c2cn3cccc3cn2)oc2ccc(OCCN3CCOCC3)cc12. The predicted octanol–water partition coefficient (Wildman–Crippen LogP) is 2.82. The molecule has 1 saturated heterocycles. The Hall–Kier alpha value is -3.16. The van der Waals surface area contributed by atoms with Gasteiger partial charge in [-0.05, 0) is 30.3 Å². The second-order valence-electron chi connectivity index (χ2n) is 7.05. The van der Waals surface area contributed by atoms with Crippen LogP contribution in [0.25, 0.3) is 27.9 Å². The highest BCUT2D eigenvalue weighted by Crippen LogP contribution is 2.24. The molecule has 0 radical (unpaired) electrons. The summed E-state index contributed by atoms with van der Waals surface area (Å²) in [5.41, 5.74) is 1.99. The van der Waals surface area contributed by atoms with Gasteiger partial charge in [0.2, 0.25) is 0 Å². The van der Waals surface area contributed by atoms with Crippen LogP contribution in [0, 0.1) is 0 Å². The number of ether oxygens (including phenoxy) is 2. The van der Waals surface area contributed by atoms with E-state index >= 15 is 0 Å². The van der Waals surface area contributed by atoms with Gasteiger partial charge in [-0.15, -0.1) is 0 Å². The molecular formula is C22H21N3O4. The van der Waals surface area contributed by atoms with Crippen LogP contribution in [0.5, 0.6) is 5.75 Å². The van der Waals surface area contributed by atoms with E-state index in [4.69, 9.17) is 13.9 Å². The Morgan fingerprint density at radius 1 is 1.14 bits per heavy atom. The molecule has 4 heterocycles. The van der Waals surface area contributed by atoms with Gasteiger partial charge in [0.1, 0.15) is 23.6 Å². The minimum Gasteiger partial charge on any atom is -0.492 e. The highest BCUT2D eigenvalue weighted by Gasteiger charge is 2.12. The van der Waals surface area contributed by atoms with E-state index in [9.17, 15) is 4.79 Å². The average Bonchev–Trinajstić information content (AvgIpc) is 3.23. The van der Waals surface area contributed by atoms with Gasteiger partial charge in [-0.3, -0.25) is 9.69 Å². The van der Waals surface area contributed by atoms with Crippen molar-refractivity contribution >= 4 is 16.5 Å². The second-order valence-corrected chi connectivity index (χ2v) is 7.05. The van der Waals surface area contributed by atoms with Crippen LogP contribution in [0.4, 0.5) is 0 Å². The fraction of sp³-hybridized carbons (Fsp3) is 0.273. The maximum atomic E-state index is 12.7. The molecular weight excluding hydrogens is 370 g/mol. The average molecular weight is 391 g/mol. The van der Waals surface area contributed by atoms with E-state index < -0.39 is 0 Å². The maximum absolute atomic E-state index is 12.7. The molecule has 1 aliphatic heterocycles. The van der Waals surface area contributed by atoms with Crippen LogP contribution in [-0.2, 0) is 4.74 Å². The summed E-state index contributed by atoms with van der Waals surface area (Å²) in [4.78, 5) is 19.4. The van der Waals surface area contributed by atoms with Crippen molar-refractivity contribution in [2.75, 3.05) is 39.5 Å². The van der Waals surface area contributed by atoms with Crippen LogP contribution in [0.2, 0.25) is 0 Å². The normalized spacial score (nSPS) is 15.2. The van der Waals surface area contributed by atoms with E-state index in [0.29, 0.717) is 34.8 Å². The monoisotopic (exact) mass is 391 g/mol. The Morgan fingerprint density at radius 3 is 2.93 bits per heavy atom. The predicted molar refractivity (Wildman–Crippen MR) is 109 cm³/mol. The second kappa shape index (κ2) is 7.69. The van der Waals surface area contributed by atoms with Gasteiger partial charge < -0.3 is 18.3 Å². The molecule has 1 aliphatic rings. The molecule has 4 aromatic rings. The molecule has 1 aromatic carbocycles. The van der Waals surface area contributed by atoms with Crippen molar-refractivity contribution in [2.45, 2.75) is 0 Å². The van der Waals surface area contributed by atoms with Crippen LogP contribution in [0.3, 0.4) is 0 Å². The maximum Gasteiger partial charge on any atom is 0.193 e. The summed E-state index contributed by atoms with van der Waals surface area (Å²) in [5.74, 6) is 1.11. The number of rotatable bonds is 5. The number of nitrogens with zero attached hydrogens (tertiary/aromatic N) is 3. The van der Waals surface area contributed by atoms with Gasteiger partial charge >= 0.3 is 0 Å². The molecule has 0 atom stereocenters. The highest BCUT2D eigenvalue weighted by molar-refractivity contribution is 5.79. The van der Waals surface area contributed by atoms with Crippen LogP contribution < -0.4 is 10.2 Å². The zero-order valence-electron chi connectivity index (χ0n) is 15.9. The van der Waals surface area contributed by atoms with Gasteiger partial charge in [0, 0.05) is 38.1 Å². The number of morpholine rings is 1. The van der Waals surface area contributed by atoms with E-state index in [0.717, 1.165) is 38.4 Å². The van der Waals surface area contributed by atoms with E-state index in [1.807, 2.05) is 35.0 Å². The van der Waals surface area contributed by atoms with Crippen molar-refractivity contribution in [3.05, 3.63) is 65.2 Å². The molecule has 0 aliphatic carbocycles. The molecule has 3 aromatic heterocycles. The lowest BCUT2D eigenvalue weighted by atomic mass is 10.2. The van der Waals surface area contributed by atoms with Crippen molar-refractivity contribution < 1.29 is 13.9 Å². The number of fused-ring (bicyclic) bond motifs is 2. The third-order valence-electron chi connectivity index (χ3n) is 5.14. The molecule has 0 saturated carbocycles. The number of benzene rings is 1. The van der Waals surface area contributed by atoms with Crippen molar-refractivity contribution in [3.8, 4) is 17.2 Å². The topological polar surface area (TPSA) is 69.2 Å². The summed E-state index contributed by atoms with van der Waals surface area (Å²) in [6.07, 6.45) is 5.54. The fourth-order valence-corrected chi connectivity index (χ4v) is 3.53. The van der Waals surface area contributed by atoms with E-state index in [-0.39, 0.29) is 5.43 Å². The first-order valence-electron chi connectivity index (χ1n) is 9.70. The molecule has 7 heteroatoms. The van der Waals surface area contributed by atoms with Crippen LogP contribution in [-0.4, -0.2) is 53.7 Å². The zero-order valence-corrected chi connectivity index (χ0v) is 15.9. The Kier molecular flexibility index (Phi) is 4.75. The van der Waals surface area contributed by atoms with E-state index in [2.05, 4.69) is 9.88 Å². The van der Waals surface area contributed by atoms with Gasteiger partial charge in [-0.1, -0.05) is 0 Å². The first-order chi connectivity index (χ1) is 14.3. The van der Waals surface area contributed by atoms with Gasteiger partial charge in [-0.2, -0.15) is 0 Å². The van der Waals surface area contributed by atoms with Crippen molar-refractivity contribution in [2.24, 2.45) is 0 Å². The largest absolute Gasteiger partial charge is 0.492 e. The minimum atomic E-state index is -0.116. The first kappa shape index (κ1) is 17.9. The van der Waals surface area contributed by atoms with E-state index in [1.165, 1.54) is 6.07 Å². The molecule has 0 bridgehead atoms. The first-order valence-corrected chi connectivity index (χ1v) is 9.70. The molecule has 5 rings (SSSR count). The van der Waals surface area contributed by atoms with E-state index in [1.54, 1.807) is 18.3 Å². The van der Waals surface area contributed by atoms with Gasteiger partial charge in [-0.25, -0.2) is 4.98 Å². The smallest absolute Gasteiger partial charge is 0.193 e. The summed E-state index contributed by atoms with van der Waals surface area (Å²) in [7, 11) is 0. The number of hydrogen-bond donors (Lipinski definition) is 0. The lowest BCUT2D eigenvalue weighted by Gasteiger charge is -2.26. The third kappa shape index (κ3) is 3.74. The third-order valence-corrected chi connectivity index (χ3v) is 5.14. The zero-order chi connectivity index (χ0) is 19.6. The molecule has 1 fully saturated rings. The summed E-state index contributed by atoms with van der Waals surface area (Å²) < 4.78 is 19.1. The number of hydrogen-bond acceptors (Lipinski definition) is 6. The molecule has 0 amide bonds. The van der Waals surface area contributed by atoms with Gasteiger partial charge in [0.05, 0.1) is 30.3 Å². The van der Waals surface area contributed by atoms with Gasteiger partial charge in [0.25, 0.3) is 0 Å². The fourth-order valence-electron chi connectivity index (χ4n) is 3.53. The van der Waals surface area contributed by atoms with Crippen LogP contribution >= 0.6 is 0 Å². The molecule has 7 nitrogen and oxygen atoms in total. The lowest BCUT2D eigenvalue weighted by molar-refractivity contribution is 0.0322. The Labute approximate surface area is 167 Å².